The first-order valence-corrected chi connectivity index (χ1v) is 11.7. The maximum absolute atomic E-state index is 13.3. The second-order valence-corrected chi connectivity index (χ2v) is 9.37. The molecule has 3 rings (SSSR count). The van der Waals surface area contributed by atoms with E-state index in [4.69, 9.17) is 4.74 Å². The number of carbonyl (C=O) groups excluding carboxylic acids is 2. The van der Waals surface area contributed by atoms with Crippen LogP contribution in [0.4, 0.5) is 10.6 Å². The molecule has 8 nitrogen and oxygen atoms in total. The van der Waals surface area contributed by atoms with E-state index >= 15 is 0 Å². The molecular formula is C28H31N3O5. The molecule has 8 heteroatoms. The van der Waals surface area contributed by atoms with Crippen molar-refractivity contribution < 1.29 is 24.2 Å². The Labute approximate surface area is 210 Å². The topological polar surface area (TPSA) is 118 Å². The van der Waals surface area contributed by atoms with Crippen LogP contribution >= 0.6 is 0 Å². The fraction of sp³-hybridized carbons (Fsp3) is 0.286. The second-order valence-electron chi connectivity index (χ2n) is 9.37. The quantitative estimate of drug-likeness (QED) is 0.399. The molecule has 0 aliphatic rings. The first-order valence-electron chi connectivity index (χ1n) is 11.7. The molecule has 0 saturated heterocycles. The largest absolute Gasteiger partial charge is 0.480 e. The highest BCUT2D eigenvalue weighted by Gasteiger charge is 2.27. The zero-order valence-electron chi connectivity index (χ0n) is 20.6. The Balaban J connectivity index is 1.69. The van der Waals surface area contributed by atoms with Crippen LogP contribution < -0.4 is 10.6 Å². The Morgan fingerprint density at radius 1 is 0.944 bits per heavy atom. The molecular weight excluding hydrogens is 458 g/mol. The van der Waals surface area contributed by atoms with E-state index in [0.29, 0.717) is 12.2 Å². The molecule has 0 radical (unpaired) electrons. The number of aromatic nitrogens is 1. The molecule has 1 atom stereocenters. The lowest BCUT2D eigenvalue weighted by molar-refractivity contribution is -0.142. The van der Waals surface area contributed by atoms with Gasteiger partial charge in [0.25, 0.3) is 0 Å². The minimum Gasteiger partial charge on any atom is -0.480 e. The number of aryl methyl sites for hydroxylation is 1. The highest BCUT2D eigenvalue weighted by Crippen LogP contribution is 2.25. The number of amides is 2. The molecule has 188 valence electrons. The summed E-state index contributed by atoms with van der Waals surface area (Å²) >= 11 is 0. The van der Waals surface area contributed by atoms with Crippen molar-refractivity contribution in [1.82, 2.24) is 10.3 Å². The van der Waals surface area contributed by atoms with Crippen molar-refractivity contribution in [1.29, 1.82) is 0 Å². The number of anilines is 1. The number of hydrogen-bond donors (Lipinski definition) is 3. The lowest BCUT2D eigenvalue weighted by Gasteiger charge is -2.21. The van der Waals surface area contributed by atoms with E-state index < -0.39 is 29.6 Å². The summed E-state index contributed by atoms with van der Waals surface area (Å²) in [5.41, 5.74) is 1.67. The number of carboxylic acid groups (broad SMARTS) is 1. The molecule has 0 aliphatic carbocycles. The minimum atomic E-state index is -1.12. The number of pyridine rings is 1. The van der Waals surface area contributed by atoms with Crippen LogP contribution in [0.25, 0.3) is 0 Å². The third-order valence-electron chi connectivity index (χ3n) is 5.32. The van der Waals surface area contributed by atoms with Crippen LogP contribution in [0.5, 0.6) is 0 Å². The van der Waals surface area contributed by atoms with Gasteiger partial charge in [0.15, 0.2) is 0 Å². The Morgan fingerprint density at radius 3 is 2.06 bits per heavy atom. The van der Waals surface area contributed by atoms with Gasteiger partial charge in [-0.25, -0.2) is 14.6 Å². The number of nitrogens with zero attached hydrogens (tertiary/aromatic N) is 1. The first kappa shape index (κ1) is 26.4. The number of carbonyl (C=O) groups is 3. The number of nitrogens with one attached hydrogen (secondary N) is 2. The number of rotatable bonds is 9. The molecule has 1 heterocycles. The molecule has 0 fully saturated rings. The van der Waals surface area contributed by atoms with E-state index in [9.17, 15) is 19.5 Å². The van der Waals surface area contributed by atoms with E-state index in [2.05, 4.69) is 15.6 Å². The van der Waals surface area contributed by atoms with Gasteiger partial charge in [-0.2, -0.15) is 0 Å². The standard InChI is InChI=1S/C28H31N3O5/c1-28(2,3)36-27(35)31-23-18-19(16-17-29-23)14-15-22(26(33)34)30-25(32)24(20-10-6-4-7-11-20)21-12-8-5-9-13-21/h4-13,16-18,22,24H,14-15H2,1-3H3,(H,30,32)(H,33,34)(H,29,31,35). The molecule has 0 aliphatic heterocycles. The maximum Gasteiger partial charge on any atom is 0.413 e. The summed E-state index contributed by atoms with van der Waals surface area (Å²) in [4.78, 5) is 41.4. The van der Waals surface area contributed by atoms with Gasteiger partial charge in [0.2, 0.25) is 5.91 Å². The third-order valence-corrected chi connectivity index (χ3v) is 5.32. The van der Waals surface area contributed by atoms with Crippen molar-refractivity contribution in [2.75, 3.05) is 5.32 Å². The molecule has 1 unspecified atom stereocenters. The normalized spacial score (nSPS) is 12.0. The van der Waals surface area contributed by atoms with Crippen LogP contribution in [0.15, 0.2) is 79.0 Å². The van der Waals surface area contributed by atoms with Crippen molar-refractivity contribution in [3.05, 3.63) is 95.7 Å². The smallest absolute Gasteiger partial charge is 0.413 e. The lowest BCUT2D eigenvalue weighted by atomic mass is 9.90. The lowest BCUT2D eigenvalue weighted by Crippen LogP contribution is -2.43. The van der Waals surface area contributed by atoms with Gasteiger partial charge in [-0.3, -0.25) is 10.1 Å². The molecule has 0 spiro atoms. The van der Waals surface area contributed by atoms with Crippen LogP contribution in [0, 0.1) is 0 Å². The predicted molar refractivity (Wildman–Crippen MR) is 137 cm³/mol. The van der Waals surface area contributed by atoms with Gasteiger partial charge >= 0.3 is 12.1 Å². The zero-order chi connectivity index (χ0) is 26.1. The number of benzene rings is 2. The van der Waals surface area contributed by atoms with Crippen LogP contribution in [0.2, 0.25) is 0 Å². The SMILES string of the molecule is CC(C)(C)OC(=O)Nc1cc(CCC(NC(=O)C(c2ccccc2)c2ccccc2)C(=O)O)ccn1. The van der Waals surface area contributed by atoms with E-state index in [0.717, 1.165) is 16.7 Å². The van der Waals surface area contributed by atoms with Crippen LogP contribution in [-0.4, -0.2) is 39.7 Å². The Morgan fingerprint density at radius 2 is 1.53 bits per heavy atom. The third kappa shape index (κ3) is 7.94. The molecule has 1 aromatic heterocycles. The van der Waals surface area contributed by atoms with Crippen molar-refractivity contribution in [3.63, 3.8) is 0 Å². The fourth-order valence-corrected chi connectivity index (χ4v) is 3.72. The summed E-state index contributed by atoms with van der Waals surface area (Å²) in [6.45, 7) is 5.28. The molecule has 3 aromatic rings. The summed E-state index contributed by atoms with van der Waals surface area (Å²) in [5, 5.41) is 15.1. The summed E-state index contributed by atoms with van der Waals surface area (Å²) in [7, 11) is 0. The average Bonchev–Trinajstić information content (AvgIpc) is 2.82. The van der Waals surface area contributed by atoms with Gasteiger partial charge < -0.3 is 15.2 Å². The summed E-state index contributed by atoms with van der Waals surface area (Å²) in [6, 6.07) is 20.8. The molecule has 0 bridgehead atoms. The van der Waals surface area contributed by atoms with Crippen LogP contribution in [0.1, 0.15) is 49.8 Å². The number of carboxylic acids is 1. The summed E-state index contributed by atoms with van der Waals surface area (Å²) in [6.07, 6.45) is 1.41. The highest BCUT2D eigenvalue weighted by atomic mass is 16.6. The van der Waals surface area contributed by atoms with Crippen molar-refractivity contribution >= 4 is 23.8 Å². The van der Waals surface area contributed by atoms with Gasteiger partial charge in [0.1, 0.15) is 17.5 Å². The van der Waals surface area contributed by atoms with Gasteiger partial charge in [-0.1, -0.05) is 60.7 Å². The van der Waals surface area contributed by atoms with Gasteiger partial charge in [0, 0.05) is 6.20 Å². The van der Waals surface area contributed by atoms with Gasteiger partial charge in [0.05, 0.1) is 5.92 Å². The zero-order valence-corrected chi connectivity index (χ0v) is 20.6. The molecule has 36 heavy (non-hydrogen) atoms. The van der Waals surface area contributed by atoms with E-state index in [-0.39, 0.29) is 12.3 Å². The van der Waals surface area contributed by atoms with E-state index in [1.807, 2.05) is 60.7 Å². The maximum atomic E-state index is 13.3. The van der Waals surface area contributed by atoms with E-state index in [1.165, 1.54) is 6.20 Å². The van der Waals surface area contributed by atoms with Crippen molar-refractivity contribution in [2.24, 2.45) is 0 Å². The Bertz CT molecular complexity index is 1140. The predicted octanol–water partition coefficient (Wildman–Crippen LogP) is 4.76. The molecule has 3 N–H and O–H groups in total. The average molecular weight is 490 g/mol. The monoisotopic (exact) mass is 489 g/mol. The van der Waals surface area contributed by atoms with Gasteiger partial charge in [-0.15, -0.1) is 0 Å². The van der Waals surface area contributed by atoms with Crippen molar-refractivity contribution in [2.45, 2.75) is 51.2 Å². The van der Waals surface area contributed by atoms with Gasteiger partial charge in [-0.05, 0) is 62.4 Å². The number of hydrogen-bond acceptors (Lipinski definition) is 5. The number of aliphatic carboxylic acids is 1. The van der Waals surface area contributed by atoms with E-state index in [1.54, 1.807) is 32.9 Å². The summed E-state index contributed by atoms with van der Waals surface area (Å²) < 4.78 is 5.23. The molecule has 0 saturated carbocycles. The van der Waals surface area contributed by atoms with Crippen molar-refractivity contribution in [3.8, 4) is 0 Å². The number of ether oxygens (including phenoxy) is 1. The highest BCUT2D eigenvalue weighted by molar-refractivity contribution is 5.90. The molecule has 2 amide bonds. The Hall–Kier alpha value is -4.20. The fourth-order valence-electron chi connectivity index (χ4n) is 3.72. The van der Waals surface area contributed by atoms with Crippen LogP contribution in [0.3, 0.4) is 0 Å². The first-order chi connectivity index (χ1) is 17.1. The van der Waals surface area contributed by atoms with Crippen LogP contribution in [-0.2, 0) is 20.7 Å². The second kappa shape index (κ2) is 12.0. The minimum absolute atomic E-state index is 0.160. The molecule has 2 aromatic carbocycles. The Kier molecular flexibility index (Phi) is 8.78. The summed E-state index contributed by atoms with van der Waals surface area (Å²) in [5.74, 6) is -1.85.